The molecule has 1 amide bonds. The Labute approximate surface area is 118 Å². The molecule has 0 N–H and O–H groups in total. The molecule has 2 heterocycles. The predicted octanol–water partition coefficient (Wildman–Crippen LogP) is 2.00. The Morgan fingerprint density at radius 2 is 2.30 bits per heavy atom. The zero-order chi connectivity index (χ0) is 14.1. The van der Waals surface area contributed by atoms with Crippen LogP contribution >= 0.6 is 0 Å². The van der Waals surface area contributed by atoms with Crippen molar-refractivity contribution in [3.05, 3.63) is 23.7 Å². The molecule has 20 heavy (non-hydrogen) atoms. The van der Waals surface area contributed by atoms with Gasteiger partial charge in [-0.3, -0.25) is 4.79 Å². The molecule has 0 aromatic carbocycles. The van der Waals surface area contributed by atoms with Gasteiger partial charge in [-0.25, -0.2) is 0 Å². The van der Waals surface area contributed by atoms with Crippen molar-refractivity contribution >= 4 is 5.91 Å². The van der Waals surface area contributed by atoms with Crippen LogP contribution in [0.5, 0.6) is 0 Å². The van der Waals surface area contributed by atoms with E-state index in [1.165, 1.54) is 0 Å². The third kappa shape index (κ3) is 2.36. The average molecular weight is 279 g/mol. The smallest absolute Gasteiger partial charge is 0.290 e. The Morgan fingerprint density at radius 3 is 3.00 bits per heavy atom. The van der Waals surface area contributed by atoms with Crippen LogP contribution in [0.15, 0.2) is 16.7 Å². The standard InChI is InChI=1S/C15H21NO4/c1-10-5-7-20-14(10)15(17)16-6-8-19-13-4-3-11(18-2)9-12(13)16/h5,7,11-13H,3-4,6,8-9H2,1-2H3. The van der Waals surface area contributed by atoms with Crippen molar-refractivity contribution in [1.29, 1.82) is 0 Å². The van der Waals surface area contributed by atoms with Gasteiger partial charge in [-0.15, -0.1) is 0 Å². The van der Waals surface area contributed by atoms with Crippen LogP contribution in [0.1, 0.15) is 35.4 Å². The van der Waals surface area contributed by atoms with Crippen LogP contribution in [-0.2, 0) is 9.47 Å². The van der Waals surface area contributed by atoms with Crippen molar-refractivity contribution < 1.29 is 18.7 Å². The Balaban J connectivity index is 1.80. The highest BCUT2D eigenvalue weighted by atomic mass is 16.5. The van der Waals surface area contributed by atoms with E-state index in [-0.39, 0.29) is 24.2 Å². The van der Waals surface area contributed by atoms with Crippen molar-refractivity contribution in [3.8, 4) is 0 Å². The molecule has 1 saturated carbocycles. The third-order valence-corrected chi connectivity index (χ3v) is 4.42. The number of nitrogens with zero attached hydrogens (tertiary/aromatic N) is 1. The van der Waals surface area contributed by atoms with Crippen LogP contribution in [0, 0.1) is 6.92 Å². The van der Waals surface area contributed by atoms with Gasteiger partial charge in [0, 0.05) is 19.2 Å². The van der Waals surface area contributed by atoms with Crippen LogP contribution in [0.2, 0.25) is 0 Å². The van der Waals surface area contributed by atoms with E-state index in [0.717, 1.165) is 24.8 Å². The maximum atomic E-state index is 12.7. The van der Waals surface area contributed by atoms with Crippen molar-refractivity contribution in [1.82, 2.24) is 4.90 Å². The van der Waals surface area contributed by atoms with Crippen LogP contribution < -0.4 is 0 Å². The molecule has 2 fully saturated rings. The SMILES string of the molecule is COC1CCC2OCCN(C(=O)c3occc3C)C2C1. The molecule has 5 nitrogen and oxygen atoms in total. The minimum Gasteiger partial charge on any atom is -0.459 e. The summed E-state index contributed by atoms with van der Waals surface area (Å²) in [5, 5.41) is 0. The summed E-state index contributed by atoms with van der Waals surface area (Å²) in [6.45, 7) is 3.12. The van der Waals surface area contributed by atoms with E-state index < -0.39 is 0 Å². The lowest BCUT2D eigenvalue weighted by Crippen LogP contribution is -2.57. The number of hydrogen-bond donors (Lipinski definition) is 0. The number of furan rings is 1. The number of carbonyl (C=O) groups is 1. The molecule has 3 unspecified atom stereocenters. The van der Waals surface area contributed by atoms with Gasteiger partial charge in [0.1, 0.15) is 0 Å². The summed E-state index contributed by atoms with van der Waals surface area (Å²) in [7, 11) is 1.73. The summed E-state index contributed by atoms with van der Waals surface area (Å²) in [5.41, 5.74) is 0.886. The van der Waals surface area contributed by atoms with E-state index in [9.17, 15) is 4.79 Å². The lowest BCUT2D eigenvalue weighted by atomic mass is 9.87. The number of fused-ring (bicyclic) bond motifs is 1. The quantitative estimate of drug-likeness (QED) is 0.831. The van der Waals surface area contributed by atoms with Gasteiger partial charge in [-0.1, -0.05) is 0 Å². The summed E-state index contributed by atoms with van der Waals surface area (Å²) >= 11 is 0. The molecule has 0 radical (unpaired) electrons. The molecule has 1 aliphatic heterocycles. The zero-order valence-electron chi connectivity index (χ0n) is 12.0. The van der Waals surface area contributed by atoms with Crippen LogP contribution in [0.3, 0.4) is 0 Å². The van der Waals surface area contributed by atoms with Gasteiger partial charge < -0.3 is 18.8 Å². The molecule has 0 spiro atoms. The highest BCUT2D eigenvalue weighted by molar-refractivity contribution is 5.93. The minimum absolute atomic E-state index is 0.0254. The highest BCUT2D eigenvalue weighted by Gasteiger charge is 2.41. The first-order valence-corrected chi connectivity index (χ1v) is 7.20. The molecule has 3 rings (SSSR count). The lowest BCUT2D eigenvalue weighted by molar-refractivity contribution is -0.101. The van der Waals surface area contributed by atoms with Gasteiger partial charge in [-0.2, -0.15) is 0 Å². The number of carbonyl (C=O) groups excluding carboxylic acids is 1. The summed E-state index contributed by atoms with van der Waals surface area (Å²) < 4.78 is 16.6. The molecule has 5 heteroatoms. The molecule has 3 atom stereocenters. The first-order valence-electron chi connectivity index (χ1n) is 7.20. The van der Waals surface area contributed by atoms with Gasteiger partial charge in [0.25, 0.3) is 5.91 Å². The summed E-state index contributed by atoms with van der Waals surface area (Å²) in [5.74, 6) is 0.424. The first-order chi connectivity index (χ1) is 9.70. The second-order valence-electron chi connectivity index (χ2n) is 5.58. The summed E-state index contributed by atoms with van der Waals surface area (Å²) in [4.78, 5) is 14.6. The van der Waals surface area contributed by atoms with E-state index in [1.54, 1.807) is 13.4 Å². The monoisotopic (exact) mass is 279 g/mol. The van der Waals surface area contributed by atoms with Crippen LogP contribution in [0.25, 0.3) is 0 Å². The van der Waals surface area contributed by atoms with Crippen molar-refractivity contribution in [2.75, 3.05) is 20.3 Å². The topological polar surface area (TPSA) is 51.9 Å². The molecule has 1 saturated heterocycles. The summed E-state index contributed by atoms with van der Waals surface area (Å²) in [6, 6.07) is 1.92. The fourth-order valence-corrected chi connectivity index (χ4v) is 3.26. The normalized spacial score (nSPS) is 30.1. The van der Waals surface area contributed by atoms with Crippen LogP contribution in [0.4, 0.5) is 0 Å². The lowest BCUT2D eigenvalue weighted by Gasteiger charge is -2.45. The number of methoxy groups -OCH3 is 1. The fraction of sp³-hybridized carbons (Fsp3) is 0.667. The Bertz CT molecular complexity index is 484. The van der Waals surface area contributed by atoms with E-state index >= 15 is 0 Å². The van der Waals surface area contributed by atoms with E-state index in [1.807, 2.05) is 17.9 Å². The maximum Gasteiger partial charge on any atom is 0.290 e. The minimum atomic E-state index is -0.0254. The fourth-order valence-electron chi connectivity index (χ4n) is 3.26. The van der Waals surface area contributed by atoms with Crippen molar-refractivity contribution in [2.45, 2.75) is 44.4 Å². The molecule has 110 valence electrons. The Morgan fingerprint density at radius 1 is 1.45 bits per heavy atom. The molecule has 0 bridgehead atoms. The van der Waals surface area contributed by atoms with Gasteiger partial charge >= 0.3 is 0 Å². The third-order valence-electron chi connectivity index (χ3n) is 4.42. The number of amides is 1. The Hall–Kier alpha value is -1.33. The number of hydrogen-bond acceptors (Lipinski definition) is 4. The predicted molar refractivity (Wildman–Crippen MR) is 72.7 cm³/mol. The van der Waals surface area contributed by atoms with E-state index in [0.29, 0.717) is 18.9 Å². The highest BCUT2D eigenvalue weighted by Crippen LogP contribution is 2.31. The molecule has 1 aromatic rings. The molecule has 2 aliphatic rings. The van der Waals surface area contributed by atoms with Gasteiger partial charge in [-0.05, 0) is 32.3 Å². The van der Waals surface area contributed by atoms with E-state index in [2.05, 4.69) is 0 Å². The van der Waals surface area contributed by atoms with Crippen molar-refractivity contribution in [3.63, 3.8) is 0 Å². The number of ether oxygens (including phenoxy) is 2. The molecular weight excluding hydrogens is 258 g/mol. The van der Waals surface area contributed by atoms with Gasteiger partial charge in [0.2, 0.25) is 0 Å². The van der Waals surface area contributed by atoms with Crippen molar-refractivity contribution in [2.24, 2.45) is 0 Å². The first kappa shape index (κ1) is 13.6. The Kier molecular flexibility index (Phi) is 3.81. The number of aryl methyl sites for hydroxylation is 1. The van der Waals surface area contributed by atoms with Gasteiger partial charge in [0.15, 0.2) is 5.76 Å². The summed E-state index contributed by atoms with van der Waals surface area (Å²) in [6.07, 6.45) is 4.70. The zero-order valence-corrected chi connectivity index (χ0v) is 12.0. The second kappa shape index (κ2) is 5.58. The van der Waals surface area contributed by atoms with E-state index in [4.69, 9.17) is 13.9 Å². The van der Waals surface area contributed by atoms with Crippen LogP contribution in [-0.4, -0.2) is 49.3 Å². The van der Waals surface area contributed by atoms with Gasteiger partial charge in [0.05, 0.1) is 31.1 Å². The second-order valence-corrected chi connectivity index (χ2v) is 5.58. The molecular formula is C15H21NO4. The molecule has 1 aromatic heterocycles. The maximum absolute atomic E-state index is 12.7. The number of rotatable bonds is 2. The largest absolute Gasteiger partial charge is 0.459 e. The number of morpholine rings is 1. The molecule has 1 aliphatic carbocycles. The average Bonchev–Trinajstić information content (AvgIpc) is 2.91.